The van der Waals surface area contributed by atoms with E-state index in [1.807, 2.05) is 12.3 Å². The molecule has 5 nitrogen and oxygen atoms in total. The number of nitrogens with two attached hydrogens (primary N) is 1. The van der Waals surface area contributed by atoms with Gasteiger partial charge in [-0.2, -0.15) is 0 Å². The van der Waals surface area contributed by atoms with Crippen LogP contribution in [0.25, 0.3) is 0 Å². The lowest BCUT2D eigenvalue weighted by atomic mass is 9.84. The number of carbonyl (C=O) groups is 2. The Hall–Kier alpha value is -1.40. The van der Waals surface area contributed by atoms with Crippen molar-refractivity contribution >= 4 is 28.9 Å². The van der Waals surface area contributed by atoms with Crippen LogP contribution in [0.5, 0.6) is 0 Å². The van der Waals surface area contributed by atoms with Gasteiger partial charge in [-0.3, -0.25) is 4.79 Å². The number of amides is 1. The van der Waals surface area contributed by atoms with Crippen LogP contribution in [0.2, 0.25) is 0 Å². The van der Waals surface area contributed by atoms with Gasteiger partial charge in [0, 0.05) is 6.54 Å². The van der Waals surface area contributed by atoms with Crippen molar-refractivity contribution in [2.75, 3.05) is 19.0 Å². The molecule has 0 aliphatic heterocycles. The summed E-state index contributed by atoms with van der Waals surface area (Å²) in [7, 11) is 1.32. The van der Waals surface area contributed by atoms with E-state index in [1.54, 1.807) is 0 Å². The van der Waals surface area contributed by atoms with Gasteiger partial charge in [-0.25, -0.2) is 4.79 Å². The number of methoxy groups -OCH3 is 1. The van der Waals surface area contributed by atoms with Crippen molar-refractivity contribution in [2.24, 2.45) is 17.1 Å². The predicted octanol–water partition coefficient (Wildman–Crippen LogP) is 2.79. The fraction of sp³-hybridized carbons (Fsp3) is 0.600. The first kappa shape index (κ1) is 17.7. The van der Waals surface area contributed by atoms with E-state index in [0.717, 1.165) is 5.56 Å². The summed E-state index contributed by atoms with van der Waals surface area (Å²) in [6.45, 7) is 8.33. The largest absolute Gasteiger partial charge is 0.465 e. The molecule has 1 aromatic rings. The minimum atomic E-state index is -0.441. The van der Waals surface area contributed by atoms with Crippen molar-refractivity contribution in [1.82, 2.24) is 0 Å². The van der Waals surface area contributed by atoms with E-state index in [9.17, 15) is 9.59 Å². The highest BCUT2D eigenvalue weighted by Crippen LogP contribution is 2.30. The lowest BCUT2D eigenvalue weighted by Crippen LogP contribution is -2.32. The van der Waals surface area contributed by atoms with Crippen molar-refractivity contribution in [3.8, 4) is 0 Å². The third-order valence-corrected chi connectivity index (χ3v) is 4.19. The van der Waals surface area contributed by atoms with Crippen LogP contribution in [0, 0.1) is 18.3 Å². The smallest absolute Gasteiger partial charge is 0.350 e. The van der Waals surface area contributed by atoms with Crippen molar-refractivity contribution in [2.45, 2.75) is 34.1 Å². The average Bonchev–Trinajstić information content (AvgIpc) is 2.75. The van der Waals surface area contributed by atoms with E-state index >= 15 is 0 Å². The minimum Gasteiger partial charge on any atom is -0.465 e. The van der Waals surface area contributed by atoms with Crippen LogP contribution in [-0.2, 0) is 9.53 Å². The van der Waals surface area contributed by atoms with Crippen molar-refractivity contribution in [1.29, 1.82) is 0 Å². The minimum absolute atomic E-state index is 0.0102. The van der Waals surface area contributed by atoms with E-state index < -0.39 is 5.97 Å². The van der Waals surface area contributed by atoms with Gasteiger partial charge in [0.25, 0.3) is 0 Å². The van der Waals surface area contributed by atoms with Gasteiger partial charge in [-0.05, 0) is 29.7 Å². The van der Waals surface area contributed by atoms with Crippen LogP contribution in [0.4, 0.5) is 5.69 Å². The van der Waals surface area contributed by atoms with E-state index in [4.69, 9.17) is 10.5 Å². The number of rotatable bonds is 5. The molecule has 1 atom stereocenters. The molecule has 1 aromatic heterocycles. The number of aryl methyl sites for hydroxylation is 1. The molecule has 0 aliphatic carbocycles. The summed E-state index contributed by atoms with van der Waals surface area (Å²) < 4.78 is 4.73. The van der Waals surface area contributed by atoms with E-state index in [0.29, 0.717) is 17.0 Å². The molecular weight excluding hydrogens is 288 g/mol. The third-order valence-electron chi connectivity index (χ3n) is 3.11. The van der Waals surface area contributed by atoms with Crippen molar-refractivity contribution in [3.05, 3.63) is 15.8 Å². The average molecular weight is 312 g/mol. The SMILES string of the molecule is COC(=O)c1scc(C)c1NC(=O)C(CN)CC(C)(C)C. The molecule has 0 aliphatic rings. The molecule has 0 saturated carbocycles. The van der Waals surface area contributed by atoms with Gasteiger partial charge >= 0.3 is 5.97 Å². The molecule has 3 N–H and O–H groups in total. The Morgan fingerprint density at radius 1 is 1.43 bits per heavy atom. The monoisotopic (exact) mass is 312 g/mol. The van der Waals surface area contributed by atoms with Gasteiger partial charge in [-0.15, -0.1) is 11.3 Å². The topological polar surface area (TPSA) is 81.4 Å². The number of carbonyl (C=O) groups excluding carboxylic acids is 2. The van der Waals surface area contributed by atoms with E-state index in [1.165, 1.54) is 18.4 Å². The maximum absolute atomic E-state index is 12.4. The van der Waals surface area contributed by atoms with Crippen molar-refractivity contribution < 1.29 is 14.3 Å². The molecule has 0 fully saturated rings. The number of hydrogen-bond donors (Lipinski definition) is 2. The van der Waals surface area contributed by atoms with Crippen LogP contribution in [0.1, 0.15) is 42.4 Å². The second-order valence-electron chi connectivity index (χ2n) is 6.30. The molecule has 0 saturated heterocycles. The first-order valence-electron chi connectivity index (χ1n) is 6.87. The number of nitrogens with one attached hydrogen (secondary N) is 1. The molecule has 1 rings (SSSR count). The Morgan fingerprint density at radius 3 is 2.52 bits per heavy atom. The first-order chi connectivity index (χ1) is 9.69. The quantitative estimate of drug-likeness (QED) is 0.819. The number of esters is 1. The molecule has 0 aromatic carbocycles. The van der Waals surface area contributed by atoms with Crippen LogP contribution in [-0.4, -0.2) is 25.5 Å². The number of ether oxygens (including phenoxy) is 1. The summed E-state index contributed by atoms with van der Waals surface area (Å²) in [6, 6.07) is 0. The Bertz CT molecular complexity index is 517. The zero-order valence-electron chi connectivity index (χ0n) is 13.3. The number of hydrogen-bond acceptors (Lipinski definition) is 5. The Balaban J connectivity index is 2.92. The molecule has 1 unspecified atom stereocenters. The van der Waals surface area contributed by atoms with Gasteiger partial charge in [0.2, 0.25) is 5.91 Å². The van der Waals surface area contributed by atoms with Gasteiger partial charge in [0.05, 0.1) is 18.7 Å². The molecule has 0 bridgehead atoms. The fourth-order valence-corrected chi connectivity index (χ4v) is 3.01. The van der Waals surface area contributed by atoms with E-state index in [-0.39, 0.29) is 23.8 Å². The Morgan fingerprint density at radius 2 is 2.05 bits per heavy atom. The second-order valence-corrected chi connectivity index (χ2v) is 7.18. The zero-order valence-corrected chi connectivity index (χ0v) is 14.1. The Labute approximate surface area is 129 Å². The number of thiophene rings is 1. The summed E-state index contributed by atoms with van der Waals surface area (Å²) in [5, 5.41) is 4.66. The van der Waals surface area contributed by atoms with Crippen molar-refractivity contribution in [3.63, 3.8) is 0 Å². The number of anilines is 1. The Kier molecular flexibility index (Phi) is 5.92. The zero-order chi connectivity index (χ0) is 16.2. The highest BCUT2D eigenvalue weighted by Gasteiger charge is 2.26. The summed E-state index contributed by atoms with van der Waals surface area (Å²) in [5.41, 5.74) is 7.11. The van der Waals surface area contributed by atoms with Gasteiger partial charge in [0.1, 0.15) is 4.88 Å². The molecule has 1 amide bonds. The maximum Gasteiger partial charge on any atom is 0.350 e. The van der Waals surface area contributed by atoms with Crippen LogP contribution in [0.15, 0.2) is 5.38 Å². The molecule has 0 radical (unpaired) electrons. The molecule has 21 heavy (non-hydrogen) atoms. The van der Waals surface area contributed by atoms with Crippen LogP contribution in [0.3, 0.4) is 0 Å². The maximum atomic E-state index is 12.4. The second kappa shape index (κ2) is 7.04. The summed E-state index contributed by atoms with van der Waals surface area (Å²) in [5.74, 6) is -0.877. The lowest BCUT2D eigenvalue weighted by Gasteiger charge is -2.24. The van der Waals surface area contributed by atoms with Crippen LogP contribution >= 0.6 is 11.3 Å². The summed E-state index contributed by atoms with van der Waals surface area (Å²) in [4.78, 5) is 24.5. The highest BCUT2D eigenvalue weighted by molar-refractivity contribution is 7.12. The van der Waals surface area contributed by atoms with Gasteiger partial charge in [0.15, 0.2) is 0 Å². The third kappa shape index (κ3) is 4.82. The predicted molar refractivity (Wildman–Crippen MR) is 85.6 cm³/mol. The first-order valence-corrected chi connectivity index (χ1v) is 7.75. The van der Waals surface area contributed by atoms with E-state index in [2.05, 4.69) is 26.1 Å². The standard InChI is InChI=1S/C15H24N2O3S/c1-9-8-21-12(14(19)20-5)11(9)17-13(18)10(7-16)6-15(2,3)4/h8,10H,6-7,16H2,1-5H3,(H,17,18). The fourth-order valence-electron chi connectivity index (χ4n) is 2.09. The molecule has 1 heterocycles. The molecule has 118 valence electrons. The summed E-state index contributed by atoms with van der Waals surface area (Å²) in [6.07, 6.45) is 0.687. The highest BCUT2D eigenvalue weighted by atomic mass is 32.1. The molecular formula is C15H24N2O3S. The lowest BCUT2D eigenvalue weighted by molar-refractivity contribution is -0.120. The van der Waals surface area contributed by atoms with Crippen LogP contribution < -0.4 is 11.1 Å². The van der Waals surface area contributed by atoms with Gasteiger partial charge in [-0.1, -0.05) is 20.8 Å². The molecule has 6 heteroatoms. The normalized spacial score (nSPS) is 12.9. The van der Waals surface area contributed by atoms with Gasteiger partial charge < -0.3 is 15.8 Å². The molecule has 0 spiro atoms. The summed E-state index contributed by atoms with van der Waals surface area (Å²) >= 11 is 1.26.